The highest BCUT2D eigenvalue weighted by molar-refractivity contribution is 7.92. The Bertz CT molecular complexity index is 312. The molecule has 0 bridgehead atoms. The summed E-state index contributed by atoms with van der Waals surface area (Å²) in [6.07, 6.45) is 2.23. The highest BCUT2D eigenvalue weighted by Gasteiger charge is 2.30. The smallest absolute Gasteiger partial charge is 0.154 e. The minimum Gasteiger partial charge on any atom is -0.383 e. The summed E-state index contributed by atoms with van der Waals surface area (Å²) in [5.41, 5.74) is 0. The third kappa shape index (κ3) is 5.22. The average molecular weight is 279 g/mol. The van der Waals surface area contributed by atoms with E-state index in [1.54, 1.807) is 7.11 Å². The van der Waals surface area contributed by atoms with Gasteiger partial charge in [0.2, 0.25) is 0 Å². The Hall–Kier alpha value is -0.170. The van der Waals surface area contributed by atoms with Gasteiger partial charge in [-0.25, -0.2) is 8.42 Å². The van der Waals surface area contributed by atoms with Gasteiger partial charge in [0.15, 0.2) is 9.84 Å². The normalized spacial score (nSPS) is 19.9. The first-order chi connectivity index (χ1) is 8.60. The molecule has 1 saturated heterocycles. The van der Waals surface area contributed by atoms with Gasteiger partial charge in [0.25, 0.3) is 0 Å². The maximum atomic E-state index is 12.3. The number of sulfone groups is 1. The van der Waals surface area contributed by atoms with Crippen LogP contribution in [0.3, 0.4) is 0 Å². The minimum absolute atomic E-state index is 0.109. The fourth-order valence-electron chi connectivity index (χ4n) is 2.17. The third-order valence-electron chi connectivity index (χ3n) is 3.16. The second-order valence-electron chi connectivity index (χ2n) is 4.75. The Kier molecular flexibility index (Phi) is 7.14. The molecule has 0 aliphatic carbocycles. The van der Waals surface area contributed by atoms with Crippen molar-refractivity contribution in [1.82, 2.24) is 5.32 Å². The molecule has 1 aliphatic heterocycles. The molecule has 1 atom stereocenters. The molecule has 1 rings (SSSR count). The lowest BCUT2D eigenvalue weighted by Gasteiger charge is -2.25. The monoisotopic (exact) mass is 279 g/mol. The first-order valence-electron chi connectivity index (χ1n) is 6.61. The topological polar surface area (TPSA) is 64.6 Å². The van der Waals surface area contributed by atoms with Crippen LogP contribution in [0.15, 0.2) is 0 Å². The molecule has 1 unspecified atom stereocenters. The Morgan fingerprint density at radius 3 is 2.61 bits per heavy atom. The third-order valence-corrected chi connectivity index (χ3v) is 5.51. The van der Waals surface area contributed by atoms with E-state index in [4.69, 9.17) is 9.47 Å². The van der Waals surface area contributed by atoms with Crippen molar-refractivity contribution in [3.8, 4) is 0 Å². The van der Waals surface area contributed by atoms with Crippen LogP contribution in [0.2, 0.25) is 0 Å². The standard InChI is InChI=1S/C12H25NO4S/c1-3-6-13-11(9-16-2)10-18(14,15)12-4-7-17-8-5-12/h11-13H,3-10H2,1-2H3. The lowest BCUT2D eigenvalue weighted by molar-refractivity contribution is 0.0982. The van der Waals surface area contributed by atoms with Crippen LogP contribution in [-0.4, -0.2) is 58.9 Å². The van der Waals surface area contributed by atoms with E-state index in [1.807, 2.05) is 0 Å². The summed E-state index contributed by atoms with van der Waals surface area (Å²) < 4.78 is 34.9. The largest absolute Gasteiger partial charge is 0.383 e. The first kappa shape index (κ1) is 15.9. The van der Waals surface area contributed by atoms with Gasteiger partial charge in [-0.15, -0.1) is 0 Å². The molecule has 0 aromatic rings. The van der Waals surface area contributed by atoms with Gasteiger partial charge in [-0.1, -0.05) is 6.92 Å². The second kappa shape index (κ2) is 8.09. The molecule has 1 aliphatic rings. The summed E-state index contributed by atoms with van der Waals surface area (Å²) in [5.74, 6) is 0.158. The van der Waals surface area contributed by atoms with Gasteiger partial charge in [0.05, 0.1) is 17.6 Å². The van der Waals surface area contributed by atoms with Crippen molar-refractivity contribution in [3.63, 3.8) is 0 Å². The van der Waals surface area contributed by atoms with Gasteiger partial charge in [-0.3, -0.25) is 0 Å². The second-order valence-corrected chi connectivity index (χ2v) is 7.07. The number of hydrogen-bond acceptors (Lipinski definition) is 5. The van der Waals surface area contributed by atoms with Gasteiger partial charge in [-0.2, -0.15) is 0 Å². The predicted molar refractivity (Wildman–Crippen MR) is 71.6 cm³/mol. The minimum atomic E-state index is -3.06. The summed E-state index contributed by atoms with van der Waals surface area (Å²) in [6, 6.07) is -0.109. The lowest BCUT2D eigenvalue weighted by Crippen LogP contribution is -2.43. The Labute approximate surface area is 110 Å². The molecule has 6 heteroatoms. The Morgan fingerprint density at radius 2 is 2.06 bits per heavy atom. The number of methoxy groups -OCH3 is 1. The van der Waals surface area contributed by atoms with Crippen molar-refractivity contribution >= 4 is 9.84 Å². The molecule has 0 amide bonds. The molecule has 0 aromatic carbocycles. The Morgan fingerprint density at radius 1 is 1.39 bits per heavy atom. The van der Waals surface area contributed by atoms with E-state index in [-0.39, 0.29) is 17.0 Å². The van der Waals surface area contributed by atoms with E-state index in [0.717, 1.165) is 13.0 Å². The van der Waals surface area contributed by atoms with Crippen molar-refractivity contribution < 1.29 is 17.9 Å². The quantitative estimate of drug-likeness (QED) is 0.704. The molecule has 0 radical (unpaired) electrons. The summed E-state index contributed by atoms with van der Waals surface area (Å²) in [7, 11) is -1.46. The highest BCUT2D eigenvalue weighted by Crippen LogP contribution is 2.17. The number of nitrogens with one attached hydrogen (secondary N) is 1. The van der Waals surface area contributed by atoms with Gasteiger partial charge < -0.3 is 14.8 Å². The molecule has 0 spiro atoms. The van der Waals surface area contributed by atoms with Crippen molar-refractivity contribution in [3.05, 3.63) is 0 Å². The highest BCUT2D eigenvalue weighted by atomic mass is 32.2. The number of rotatable bonds is 8. The van der Waals surface area contributed by atoms with Crippen LogP contribution >= 0.6 is 0 Å². The first-order valence-corrected chi connectivity index (χ1v) is 8.33. The maximum absolute atomic E-state index is 12.3. The van der Waals surface area contributed by atoms with Crippen LogP contribution in [0.4, 0.5) is 0 Å². The molecule has 1 fully saturated rings. The van der Waals surface area contributed by atoms with Crippen LogP contribution in [0.5, 0.6) is 0 Å². The van der Waals surface area contributed by atoms with E-state index < -0.39 is 9.84 Å². The van der Waals surface area contributed by atoms with E-state index in [2.05, 4.69) is 12.2 Å². The van der Waals surface area contributed by atoms with Crippen molar-refractivity contribution in [2.45, 2.75) is 37.5 Å². The molecule has 1 heterocycles. The van der Waals surface area contributed by atoms with Crippen molar-refractivity contribution in [2.75, 3.05) is 39.2 Å². The van der Waals surface area contributed by atoms with Crippen LogP contribution in [0.1, 0.15) is 26.2 Å². The summed E-state index contributed by atoms with van der Waals surface area (Å²) in [4.78, 5) is 0. The summed E-state index contributed by atoms with van der Waals surface area (Å²) in [6.45, 7) is 4.42. The van der Waals surface area contributed by atoms with Crippen LogP contribution in [-0.2, 0) is 19.3 Å². The fourth-order valence-corrected chi connectivity index (χ4v) is 4.12. The predicted octanol–water partition coefficient (Wildman–Crippen LogP) is 0.595. The van der Waals surface area contributed by atoms with E-state index >= 15 is 0 Å². The molecule has 0 saturated carbocycles. The Balaban J connectivity index is 2.53. The zero-order chi connectivity index (χ0) is 13.4. The SMILES string of the molecule is CCCNC(COC)CS(=O)(=O)C1CCOCC1. The number of ether oxygens (including phenoxy) is 2. The zero-order valence-electron chi connectivity index (χ0n) is 11.4. The molecule has 5 nitrogen and oxygen atoms in total. The maximum Gasteiger partial charge on any atom is 0.154 e. The molecule has 1 N–H and O–H groups in total. The van der Waals surface area contributed by atoms with Gasteiger partial charge in [0, 0.05) is 26.4 Å². The van der Waals surface area contributed by atoms with Gasteiger partial charge in [-0.05, 0) is 25.8 Å². The van der Waals surface area contributed by atoms with E-state index in [0.29, 0.717) is 32.7 Å². The average Bonchev–Trinajstić information content (AvgIpc) is 2.37. The van der Waals surface area contributed by atoms with Gasteiger partial charge >= 0.3 is 0 Å². The van der Waals surface area contributed by atoms with E-state index in [1.165, 1.54) is 0 Å². The molecule has 18 heavy (non-hydrogen) atoms. The van der Waals surface area contributed by atoms with Crippen LogP contribution in [0.25, 0.3) is 0 Å². The fraction of sp³-hybridized carbons (Fsp3) is 1.00. The van der Waals surface area contributed by atoms with Crippen molar-refractivity contribution in [1.29, 1.82) is 0 Å². The summed E-state index contributed by atoms with van der Waals surface area (Å²) >= 11 is 0. The summed E-state index contributed by atoms with van der Waals surface area (Å²) in [5, 5.41) is 2.99. The zero-order valence-corrected chi connectivity index (χ0v) is 12.2. The van der Waals surface area contributed by atoms with E-state index in [9.17, 15) is 8.42 Å². The van der Waals surface area contributed by atoms with Crippen LogP contribution in [0, 0.1) is 0 Å². The van der Waals surface area contributed by atoms with Gasteiger partial charge in [0.1, 0.15) is 0 Å². The molecule has 0 aromatic heterocycles. The molecule has 108 valence electrons. The van der Waals surface area contributed by atoms with Crippen LogP contribution < -0.4 is 5.32 Å². The molecular weight excluding hydrogens is 254 g/mol. The molecular formula is C12H25NO4S. The lowest BCUT2D eigenvalue weighted by atomic mass is 10.2. The number of hydrogen-bond donors (Lipinski definition) is 1. The van der Waals surface area contributed by atoms with Crippen molar-refractivity contribution in [2.24, 2.45) is 0 Å².